The first kappa shape index (κ1) is 19.0. The van der Waals surface area contributed by atoms with E-state index in [-0.39, 0.29) is 24.0 Å². The lowest BCUT2D eigenvalue weighted by Gasteiger charge is -2.27. The summed E-state index contributed by atoms with van der Waals surface area (Å²) in [5, 5.41) is 5.32. The standard InChI is InChI=1S/C19H23N3O5/c1-11(2)10-27-9-8-20-13-5-3-4-12-16(13)19(26)22(18(12)25)14-6-7-15(23)21-17(14)24/h3-5,11,14,20H,6-10H2,1-2H3,(H,21,23,24). The van der Waals surface area contributed by atoms with Crippen molar-refractivity contribution in [3.8, 4) is 0 Å². The summed E-state index contributed by atoms with van der Waals surface area (Å²) in [5.41, 5.74) is 1.06. The van der Waals surface area contributed by atoms with E-state index in [9.17, 15) is 19.2 Å². The average Bonchev–Trinajstić information content (AvgIpc) is 2.87. The molecule has 0 aromatic heterocycles. The van der Waals surface area contributed by atoms with Crippen LogP contribution >= 0.6 is 0 Å². The molecule has 2 heterocycles. The quantitative estimate of drug-likeness (QED) is 0.549. The number of carbonyl (C=O) groups is 4. The van der Waals surface area contributed by atoms with Gasteiger partial charge >= 0.3 is 0 Å². The number of hydrogen-bond acceptors (Lipinski definition) is 6. The van der Waals surface area contributed by atoms with Gasteiger partial charge in [-0.05, 0) is 24.5 Å². The highest BCUT2D eigenvalue weighted by atomic mass is 16.5. The van der Waals surface area contributed by atoms with Crippen LogP contribution in [0.15, 0.2) is 18.2 Å². The smallest absolute Gasteiger partial charge is 0.264 e. The third-order valence-electron chi connectivity index (χ3n) is 4.48. The molecule has 8 nitrogen and oxygen atoms in total. The number of piperidine rings is 1. The van der Waals surface area contributed by atoms with Gasteiger partial charge in [-0.15, -0.1) is 0 Å². The van der Waals surface area contributed by atoms with E-state index in [4.69, 9.17) is 4.74 Å². The summed E-state index contributed by atoms with van der Waals surface area (Å²) in [7, 11) is 0. The minimum absolute atomic E-state index is 0.0993. The van der Waals surface area contributed by atoms with Crippen molar-refractivity contribution in [2.75, 3.05) is 25.1 Å². The van der Waals surface area contributed by atoms with Gasteiger partial charge in [0, 0.05) is 25.3 Å². The second-order valence-electron chi connectivity index (χ2n) is 7.07. The lowest BCUT2D eigenvalue weighted by molar-refractivity contribution is -0.136. The molecule has 4 amide bonds. The largest absolute Gasteiger partial charge is 0.382 e. The average molecular weight is 373 g/mol. The number of rotatable bonds is 7. The predicted octanol–water partition coefficient (Wildman–Crippen LogP) is 1.17. The summed E-state index contributed by atoms with van der Waals surface area (Å²) in [6, 6.07) is 4.02. The Kier molecular flexibility index (Phi) is 5.55. The van der Waals surface area contributed by atoms with Crippen LogP contribution < -0.4 is 10.6 Å². The zero-order valence-electron chi connectivity index (χ0n) is 15.4. The maximum absolute atomic E-state index is 12.9. The Bertz CT molecular complexity index is 790. The Labute approximate surface area is 157 Å². The summed E-state index contributed by atoms with van der Waals surface area (Å²) in [5.74, 6) is -1.60. The Morgan fingerprint density at radius 3 is 2.70 bits per heavy atom. The lowest BCUT2D eigenvalue weighted by atomic mass is 10.0. The van der Waals surface area contributed by atoms with Gasteiger partial charge in [0.25, 0.3) is 11.8 Å². The topological polar surface area (TPSA) is 105 Å². The summed E-state index contributed by atoms with van der Waals surface area (Å²) in [6.07, 6.45) is 0.240. The maximum Gasteiger partial charge on any atom is 0.264 e. The van der Waals surface area contributed by atoms with Crippen LogP contribution in [0.25, 0.3) is 0 Å². The van der Waals surface area contributed by atoms with Crippen LogP contribution in [0.1, 0.15) is 47.4 Å². The SMILES string of the molecule is CC(C)COCCNc1cccc2c1C(=O)N(C1CCC(=O)NC1=O)C2=O. The number of imide groups is 2. The van der Waals surface area contributed by atoms with Gasteiger partial charge in [-0.3, -0.25) is 29.4 Å². The first-order chi connectivity index (χ1) is 12.9. The minimum Gasteiger partial charge on any atom is -0.382 e. The van der Waals surface area contributed by atoms with E-state index in [0.717, 1.165) is 4.90 Å². The van der Waals surface area contributed by atoms with E-state index < -0.39 is 29.7 Å². The molecule has 0 radical (unpaired) electrons. The summed E-state index contributed by atoms with van der Waals surface area (Å²) < 4.78 is 5.51. The molecule has 1 aromatic rings. The number of fused-ring (bicyclic) bond motifs is 1. The van der Waals surface area contributed by atoms with Crippen molar-refractivity contribution in [3.63, 3.8) is 0 Å². The minimum atomic E-state index is -0.961. The second kappa shape index (κ2) is 7.87. The number of ether oxygens (including phenoxy) is 1. The Balaban J connectivity index is 1.74. The highest BCUT2D eigenvalue weighted by molar-refractivity contribution is 6.25. The van der Waals surface area contributed by atoms with Gasteiger partial charge in [0.2, 0.25) is 11.8 Å². The monoisotopic (exact) mass is 373 g/mol. The number of nitrogens with zero attached hydrogens (tertiary/aromatic N) is 1. The van der Waals surface area contributed by atoms with Crippen LogP contribution in [0.2, 0.25) is 0 Å². The highest BCUT2D eigenvalue weighted by Crippen LogP contribution is 2.32. The molecule has 1 aromatic carbocycles. The van der Waals surface area contributed by atoms with Crippen molar-refractivity contribution < 1.29 is 23.9 Å². The molecule has 27 heavy (non-hydrogen) atoms. The van der Waals surface area contributed by atoms with Gasteiger partial charge in [0.1, 0.15) is 6.04 Å². The van der Waals surface area contributed by atoms with Crippen molar-refractivity contribution in [1.82, 2.24) is 10.2 Å². The number of hydrogen-bond donors (Lipinski definition) is 2. The molecule has 3 rings (SSSR count). The Morgan fingerprint density at radius 2 is 2.00 bits per heavy atom. The van der Waals surface area contributed by atoms with Crippen LogP contribution in [-0.2, 0) is 14.3 Å². The lowest BCUT2D eigenvalue weighted by Crippen LogP contribution is -2.54. The van der Waals surface area contributed by atoms with E-state index >= 15 is 0 Å². The van der Waals surface area contributed by atoms with Crippen LogP contribution in [0.5, 0.6) is 0 Å². The van der Waals surface area contributed by atoms with Gasteiger partial charge < -0.3 is 10.1 Å². The summed E-state index contributed by atoms with van der Waals surface area (Å²) >= 11 is 0. The van der Waals surface area contributed by atoms with E-state index in [1.807, 2.05) is 0 Å². The molecule has 2 aliphatic heterocycles. The van der Waals surface area contributed by atoms with E-state index in [1.165, 1.54) is 0 Å². The molecule has 8 heteroatoms. The van der Waals surface area contributed by atoms with Crippen molar-refractivity contribution in [3.05, 3.63) is 29.3 Å². The van der Waals surface area contributed by atoms with E-state index in [2.05, 4.69) is 24.5 Å². The van der Waals surface area contributed by atoms with Gasteiger partial charge in [-0.25, -0.2) is 0 Å². The normalized spacial score (nSPS) is 19.5. The molecule has 2 N–H and O–H groups in total. The van der Waals surface area contributed by atoms with Crippen molar-refractivity contribution >= 4 is 29.3 Å². The Morgan fingerprint density at radius 1 is 1.22 bits per heavy atom. The Hall–Kier alpha value is -2.74. The van der Waals surface area contributed by atoms with Crippen LogP contribution in [0.4, 0.5) is 5.69 Å². The zero-order chi connectivity index (χ0) is 19.6. The third-order valence-corrected chi connectivity index (χ3v) is 4.48. The van der Waals surface area contributed by atoms with E-state index in [0.29, 0.717) is 31.4 Å². The van der Waals surface area contributed by atoms with Crippen LogP contribution in [0, 0.1) is 5.92 Å². The molecule has 1 fully saturated rings. The molecule has 0 saturated carbocycles. The third kappa shape index (κ3) is 3.85. The second-order valence-corrected chi connectivity index (χ2v) is 7.07. The van der Waals surface area contributed by atoms with Crippen LogP contribution in [-0.4, -0.2) is 54.3 Å². The summed E-state index contributed by atoms with van der Waals surface area (Å²) in [6.45, 7) is 5.73. The first-order valence-corrected chi connectivity index (χ1v) is 9.06. The fraction of sp³-hybridized carbons (Fsp3) is 0.474. The predicted molar refractivity (Wildman–Crippen MR) is 97.3 cm³/mol. The molecule has 0 aliphatic carbocycles. The summed E-state index contributed by atoms with van der Waals surface area (Å²) in [4.78, 5) is 50.0. The molecule has 144 valence electrons. The number of benzene rings is 1. The number of nitrogens with one attached hydrogen (secondary N) is 2. The van der Waals surface area contributed by atoms with Crippen molar-refractivity contribution in [2.45, 2.75) is 32.7 Å². The van der Waals surface area contributed by atoms with Crippen molar-refractivity contribution in [2.24, 2.45) is 5.92 Å². The molecule has 1 unspecified atom stereocenters. The molecule has 2 aliphatic rings. The fourth-order valence-corrected chi connectivity index (χ4v) is 3.24. The molecular weight excluding hydrogens is 350 g/mol. The molecular formula is C19H23N3O5. The molecule has 0 spiro atoms. The molecule has 0 bridgehead atoms. The fourth-order valence-electron chi connectivity index (χ4n) is 3.24. The van der Waals surface area contributed by atoms with Gasteiger partial charge in [-0.1, -0.05) is 19.9 Å². The number of amides is 4. The zero-order valence-corrected chi connectivity index (χ0v) is 15.4. The molecule has 1 atom stereocenters. The van der Waals surface area contributed by atoms with Crippen molar-refractivity contribution in [1.29, 1.82) is 0 Å². The van der Waals surface area contributed by atoms with Gasteiger partial charge in [0.05, 0.1) is 17.7 Å². The highest BCUT2D eigenvalue weighted by Gasteiger charge is 2.45. The van der Waals surface area contributed by atoms with Crippen LogP contribution in [0.3, 0.4) is 0 Å². The first-order valence-electron chi connectivity index (χ1n) is 9.06. The number of anilines is 1. The van der Waals surface area contributed by atoms with E-state index in [1.54, 1.807) is 18.2 Å². The maximum atomic E-state index is 12.9. The number of carbonyl (C=O) groups excluding carboxylic acids is 4. The van der Waals surface area contributed by atoms with Gasteiger partial charge in [0.15, 0.2) is 0 Å². The van der Waals surface area contributed by atoms with Gasteiger partial charge in [-0.2, -0.15) is 0 Å². The molecule has 1 saturated heterocycles.